The lowest BCUT2D eigenvalue weighted by molar-refractivity contribution is -0.140. The van der Waals surface area contributed by atoms with E-state index in [0.717, 1.165) is 5.56 Å². The molecule has 0 aliphatic heterocycles. The molecule has 0 amide bonds. The Hall–Kier alpha value is -1.76. The monoisotopic (exact) mass is 272 g/mol. The lowest BCUT2D eigenvalue weighted by atomic mass is 10.2. The fourth-order valence-corrected chi connectivity index (χ4v) is 2.31. The number of anilines is 2. The van der Waals surface area contributed by atoms with E-state index in [4.69, 9.17) is 5.73 Å². The average molecular weight is 272 g/mol. The van der Waals surface area contributed by atoms with Crippen LogP contribution in [0.1, 0.15) is 12.0 Å². The average Bonchev–Trinajstić information content (AvgIpc) is 2.30. The molecule has 0 atom stereocenters. The van der Waals surface area contributed by atoms with Crippen molar-refractivity contribution in [2.24, 2.45) is 0 Å². The lowest BCUT2D eigenvalue weighted by Gasteiger charge is -2.09. The SMILES string of the molecule is COC(=O)CCS(=O)(=O)Nc1ccc(N)c(C)c1. The molecule has 7 heteroatoms. The van der Waals surface area contributed by atoms with Crippen LogP contribution in [0.25, 0.3) is 0 Å². The van der Waals surface area contributed by atoms with Gasteiger partial charge >= 0.3 is 5.97 Å². The standard InChI is InChI=1S/C11H16N2O4S/c1-8-7-9(3-4-10(8)12)13-18(15,16)6-5-11(14)17-2/h3-4,7,13H,5-6,12H2,1-2H3. The van der Waals surface area contributed by atoms with Crippen molar-refractivity contribution in [2.75, 3.05) is 23.3 Å². The number of ether oxygens (including phenoxy) is 1. The number of benzene rings is 1. The summed E-state index contributed by atoms with van der Waals surface area (Å²) in [5, 5.41) is 0. The smallest absolute Gasteiger partial charge is 0.306 e. The Morgan fingerprint density at radius 1 is 1.44 bits per heavy atom. The van der Waals surface area contributed by atoms with Gasteiger partial charge in [-0.05, 0) is 30.7 Å². The molecule has 6 nitrogen and oxygen atoms in total. The summed E-state index contributed by atoms with van der Waals surface area (Å²) in [5.74, 6) is -0.878. The fraction of sp³-hybridized carbons (Fsp3) is 0.364. The zero-order chi connectivity index (χ0) is 13.8. The van der Waals surface area contributed by atoms with Crippen molar-refractivity contribution >= 4 is 27.4 Å². The number of nitrogens with one attached hydrogen (secondary N) is 1. The van der Waals surface area contributed by atoms with E-state index in [0.29, 0.717) is 11.4 Å². The number of hydrogen-bond acceptors (Lipinski definition) is 5. The van der Waals surface area contributed by atoms with Crippen LogP contribution in [-0.4, -0.2) is 27.2 Å². The van der Waals surface area contributed by atoms with E-state index in [-0.39, 0.29) is 12.2 Å². The highest BCUT2D eigenvalue weighted by molar-refractivity contribution is 7.92. The molecule has 0 aliphatic rings. The van der Waals surface area contributed by atoms with Gasteiger partial charge in [0.1, 0.15) is 0 Å². The zero-order valence-electron chi connectivity index (χ0n) is 10.3. The highest BCUT2D eigenvalue weighted by Crippen LogP contribution is 2.17. The van der Waals surface area contributed by atoms with E-state index < -0.39 is 16.0 Å². The summed E-state index contributed by atoms with van der Waals surface area (Å²) in [6, 6.07) is 4.82. The molecule has 18 heavy (non-hydrogen) atoms. The van der Waals surface area contributed by atoms with Crippen LogP contribution in [0.5, 0.6) is 0 Å². The van der Waals surface area contributed by atoms with E-state index >= 15 is 0 Å². The molecule has 0 aliphatic carbocycles. The first-order valence-electron chi connectivity index (χ1n) is 5.27. The number of sulfonamides is 1. The number of rotatable bonds is 5. The summed E-state index contributed by atoms with van der Waals surface area (Å²) >= 11 is 0. The fourth-order valence-electron chi connectivity index (χ4n) is 1.29. The van der Waals surface area contributed by atoms with Crippen LogP contribution >= 0.6 is 0 Å². The molecular weight excluding hydrogens is 256 g/mol. The molecule has 1 rings (SSSR count). The minimum Gasteiger partial charge on any atom is -0.469 e. The molecule has 0 unspecified atom stereocenters. The van der Waals surface area contributed by atoms with Crippen LogP contribution in [0.15, 0.2) is 18.2 Å². The van der Waals surface area contributed by atoms with Crippen LogP contribution in [0.2, 0.25) is 0 Å². The third-order valence-electron chi connectivity index (χ3n) is 2.35. The molecule has 1 aromatic rings. The van der Waals surface area contributed by atoms with E-state index in [2.05, 4.69) is 9.46 Å². The first-order valence-corrected chi connectivity index (χ1v) is 6.93. The van der Waals surface area contributed by atoms with Gasteiger partial charge in [0.2, 0.25) is 10.0 Å². The van der Waals surface area contributed by atoms with Crippen molar-refractivity contribution in [3.05, 3.63) is 23.8 Å². The van der Waals surface area contributed by atoms with E-state index in [1.54, 1.807) is 25.1 Å². The van der Waals surface area contributed by atoms with Gasteiger partial charge in [-0.3, -0.25) is 9.52 Å². The van der Waals surface area contributed by atoms with Gasteiger partial charge in [-0.2, -0.15) is 0 Å². The molecular formula is C11H16N2O4S. The molecule has 0 aromatic heterocycles. The number of carbonyl (C=O) groups is 1. The van der Waals surface area contributed by atoms with Crippen molar-refractivity contribution in [2.45, 2.75) is 13.3 Å². The van der Waals surface area contributed by atoms with Crippen molar-refractivity contribution in [1.82, 2.24) is 0 Å². The van der Waals surface area contributed by atoms with Crippen LogP contribution < -0.4 is 10.5 Å². The largest absolute Gasteiger partial charge is 0.469 e. The summed E-state index contributed by atoms with van der Waals surface area (Å²) in [4.78, 5) is 10.9. The van der Waals surface area contributed by atoms with Gasteiger partial charge in [0.05, 0.1) is 19.3 Å². The summed E-state index contributed by atoms with van der Waals surface area (Å²) in [7, 11) is -2.35. The lowest BCUT2D eigenvalue weighted by Crippen LogP contribution is -2.19. The Balaban J connectivity index is 2.70. The number of methoxy groups -OCH3 is 1. The molecule has 0 heterocycles. The molecule has 1 aromatic carbocycles. The van der Waals surface area contributed by atoms with Crippen molar-refractivity contribution in [1.29, 1.82) is 0 Å². The Morgan fingerprint density at radius 3 is 2.67 bits per heavy atom. The summed E-state index contributed by atoms with van der Waals surface area (Å²) < 4.78 is 30.1. The quantitative estimate of drug-likeness (QED) is 0.612. The number of hydrogen-bond donors (Lipinski definition) is 2. The summed E-state index contributed by atoms with van der Waals surface area (Å²) in [6.07, 6.45) is -0.181. The summed E-state index contributed by atoms with van der Waals surface area (Å²) in [5.41, 5.74) is 7.42. The Labute approximate surface area is 106 Å². The molecule has 3 N–H and O–H groups in total. The van der Waals surface area contributed by atoms with Gasteiger partial charge in [-0.1, -0.05) is 0 Å². The van der Waals surface area contributed by atoms with Gasteiger partial charge in [-0.25, -0.2) is 8.42 Å². The van der Waals surface area contributed by atoms with Crippen LogP contribution in [-0.2, 0) is 19.6 Å². The third kappa shape index (κ3) is 4.25. The van der Waals surface area contributed by atoms with Crippen LogP contribution in [0, 0.1) is 6.92 Å². The molecule has 0 fully saturated rings. The second kappa shape index (κ2) is 5.72. The Morgan fingerprint density at radius 2 is 2.11 bits per heavy atom. The number of nitrogen functional groups attached to an aromatic ring is 1. The maximum Gasteiger partial charge on any atom is 0.306 e. The van der Waals surface area contributed by atoms with Gasteiger partial charge in [-0.15, -0.1) is 0 Å². The van der Waals surface area contributed by atoms with Crippen molar-refractivity contribution in [3.63, 3.8) is 0 Å². The molecule has 0 radical (unpaired) electrons. The molecule has 0 spiro atoms. The van der Waals surface area contributed by atoms with Crippen LogP contribution in [0.3, 0.4) is 0 Å². The van der Waals surface area contributed by atoms with E-state index in [9.17, 15) is 13.2 Å². The second-order valence-electron chi connectivity index (χ2n) is 3.82. The topological polar surface area (TPSA) is 98.5 Å². The Bertz CT molecular complexity index is 540. The van der Waals surface area contributed by atoms with E-state index in [1.807, 2.05) is 0 Å². The number of esters is 1. The van der Waals surface area contributed by atoms with Gasteiger partial charge in [0.15, 0.2) is 0 Å². The molecule has 0 saturated carbocycles. The first-order chi connectivity index (χ1) is 8.34. The predicted octanol–water partition coefficient (Wildman–Crippen LogP) is 0.882. The van der Waals surface area contributed by atoms with Gasteiger partial charge < -0.3 is 10.5 Å². The Kier molecular flexibility index (Phi) is 4.55. The zero-order valence-corrected chi connectivity index (χ0v) is 11.1. The summed E-state index contributed by atoms with van der Waals surface area (Å²) in [6.45, 7) is 1.78. The number of aryl methyl sites for hydroxylation is 1. The molecule has 100 valence electrons. The number of nitrogens with two attached hydrogens (primary N) is 1. The van der Waals surface area contributed by atoms with Crippen molar-refractivity contribution < 1.29 is 17.9 Å². The minimum absolute atomic E-state index is 0.181. The predicted molar refractivity (Wildman–Crippen MR) is 69.6 cm³/mol. The van der Waals surface area contributed by atoms with Gasteiger partial charge in [0.25, 0.3) is 0 Å². The van der Waals surface area contributed by atoms with E-state index in [1.165, 1.54) is 7.11 Å². The molecule has 0 saturated heterocycles. The maximum absolute atomic E-state index is 11.7. The third-order valence-corrected chi connectivity index (χ3v) is 3.63. The second-order valence-corrected chi connectivity index (χ2v) is 5.66. The minimum atomic E-state index is -3.56. The van der Waals surface area contributed by atoms with Crippen LogP contribution in [0.4, 0.5) is 11.4 Å². The van der Waals surface area contributed by atoms with Gasteiger partial charge in [0, 0.05) is 11.4 Å². The normalized spacial score (nSPS) is 11.0. The highest BCUT2D eigenvalue weighted by Gasteiger charge is 2.13. The first kappa shape index (κ1) is 14.3. The number of carbonyl (C=O) groups excluding carboxylic acids is 1. The molecule has 0 bridgehead atoms. The van der Waals surface area contributed by atoms with Crippen molar-refractivity contribution in [3.8, 4) is 0 Å². The maximum atomic E-state index is 11.7. The highest BCUT2D eigenvalue weighted by atomic mass is 32.2.